The Labute approximate surface area is 119 Å². The average Bonchev–Trinajstić information content (AvgIpc) is 2.44. The highest BCUT2D eigenvalue weighted by Crippen LogP contribution is 2.15. The van der Waals surface area contributed by atoms with Crippen molar-refractivity contribution in [1.29, 1.82) is 0 Å². The predicted molar refractivity (Wildman–Crippen MR) is 80.5 cm³/mol. The third kappa shape index (κ3) is 4.35. The monoisotopic (exact) mass is 277 g/mol. The molecule has 0 aliphatic carbocycles. The van der Waals surface area contributed by atoms with Crippen LogP contribution >= 0.6 is 0 Å². The molecule has 0 heterocycles. The molecule has 110 valence electrons. The number of carbonyl (C=O) groups is 2. The molecule has 0 unspecified atom stereocenters. The summed E-state index contributed by atoms with van der Waals surface area (Å²) in [6.45, 7) is 6.34. The number of nitrogens with one attached hydrogen (secondary N) is 2. The van der Waals surface area contributed by atoms with E-state index in [0.717, 1.165) is 6.42 Å². The first-order chi connectivity index (χ1) is 9.47. The van der Waals surface area contributed by atoms with Crippen LogP contribution in [0.15, 0.2) is 24.3 Å². The number of nitrogens with two attached hydrogens (primary N) is 1. The van der Waals surface area contributed by atoms with Crippen molar-refractivity contribution >= 4 is 17.5 Å². The highest BCUT2D eigenvalue weighted by Gasteiger charge is 2.19. The third-order valence-electron chi connectivity index (χ3n) is 2.99. The lowest BCUT2D eigenvalue weighted by Gasteiger charge is -2.17. The normalized spacial score (nSPS) is 12.1. The lowest BCUT2D eigenvalue weighted by molar-refractivity contribution is -0.118. The van der Waals surface area contributed by atoms with E-state index in [1.54, 1.807) is 24.3 Å². The molecule has 1 aromatic rings. The van der Waals surface area contributed by atoms with E-state index >= 15 is 0 Å². The largest absolute Gasteiger partial charge is 0.352 e. The number of benzene rings is 1. The van der Waals surface area contributed by atoms with Gasteiger partial charge in [0.1, 0.15) is 0 Å². The summed E-state index contributed by atoms with van der Waals surface area (Å²) in [5.41, 5.74) is 6.74. The van der Waals surface area contributed by atoms with Gasteiger partial charge in [0.2, 0.25) is 5.91 Å². The molecule has 1 rings (SSSR count). The molecule has 0 saturated carbocycles. The Morgan fingerprint density at radius 3 is 2.50 bits per heavy atom. The number of para-hydroxylation sites is 1. The van der Waals surface area contributed by atoms with Gasteiger partial charge in [0, 0.05) is 6.54 Å². The molecule has 0 spiro atoms. The number of carbonyl (C=O) groups excluding carboxylic acids is 2. The molecular weight excluding hydrogens is 254 g/mol. The molecule has 5 nitrogen and oxygen atoms in total. The minimum atomic E-state index is -0.596. The Bertz CT molecular complexity index is 472. The zero-order valence-electron chi connectivity index (χ0n) is 12.3. The number of amides is 2. The van der Waals surface area contributed by atoms with Gasteiger partial charge in [-0.05, 0) is 24.5 Å². The van der Waals surface area contributed by atoms with Crippen molar-refractivity contribution in [1.82, 2.24) is 5.32 Å². The molecule has 1 atom stereocenters. The molecule has 0 radical (unpaired) electrons. The second kappa shape index (κ2) is 7.65. The van der Waals surface area contributed by atoms with E-state index in [2.05, 4.69) is 10.6 Å². The van der Waals surface area contributed by atoms with Gasteiger partial charge in [-0.15, -0.1) is 0 Å². The fraction of sp³-hybridized carbons (Fsp3) is 0.467. The molecule has 2 amide bonds. The third-order valence-corrected chi connectivity index (χ3v) is 2.99. The van der Waals surface area contributed by atoms with Crippen LogP contribution in [0.25, 0.3) is 0 Å². The SMILES string of the molecule is CCCNC(=O)c1ccccc1NC(=O)[C@@H](N)C(C)C. The summed E-state index contributed by atoms with van der Waals surface area (Å²) in [6.07, 6.45) is 0.860. The number of hydrogen-bond acceptors (Lipinski definition) is 3. The van der Waals surface area contributed by atoms with Crippen molar-refractivity contribution in [3.05, 3.63) is 29.8 Å². The standard InChI is InChI=1S/C15H23N3O2/c1-4-9-17-14(19)11-7-5-6-8-12(11)18-15(20)13(16)10(2)3/h5-8,10,13H,4,9,16H2,1-3H3,(H,17,19)(H,18,20)/t13-/m0/s1. The van der Waals surface area contributed by atoms with E-state index in [4.69, 9.17) is 5.73 Å². The molecule has 1 aromatic carbocycles. The second-order valence-corrected chi connectivity index (χ2v) is 5.06. The van der Waals surface area contributed by atoms with Crippen molar-refractivity contribution in [2.24, 2.45) is 11.7 Å². The topological polar surface area (TPSA) is 84.2 Å². The lowest BCUT2D eigenvalue weighted by atomic mass is 10.0. The van der Waals surface area contributed by atoms with Gasteiger partial charge in [0.25, 0.3) is 5.91 Å². The maximum atomic E-state index is 12.0. The number of hydrogen-bond donors (Lipinski definition) is 3. The van der Waals surface area contributed by atoms with Crippen molar-refractivity contribution in [3.8, 4) is 0 Å². The van der Waals surface area contributed by atoms with Gasteiger partial charge in [-0.3, -0.25) is 9.59 Å². The number of anilines is 1. The van der Waals surface area contributed by atoms with Crippen LogP contribution in [-0.2, 0) is 4.79 Å². The van der Waals surface area contributed by atoms with Crippen LogP contribution in [0.5, 0.6) is 0 Å². The highest BCUT2D eigenvalue weighted by molar-refractivity contribution is 6.04. The molecule has 0 fully saturated rings. The predicted octanol–water partition coefficient (Wildman–Crippen LogP) is 1.75. The fourth-order valence-corrected chi connectivity index (χ4v) is 1.64. The maximum Gasteiger partial charge on any atom is 0.253 e. The Morgan fingerprint density at radius 1 is 1.25 bits per heavy atom. The summed E-state index contributed by atoms with van der Waals surface area (Å²) < 4.78 is 0. The average molecular weight is 277 g/mol. The first-order valence-electron chi connectivity index (χ1n) is 6.91. The lowest BCUT2D eigenvalue weighted by Crippen LogP contribution is -2.40. The summed E-state index contributed by atoms with van der Waals surface area (Å²) in [6, 6.07) is 6.32. The van der Waals surface area contributed by atoms with Crippen LogP contribution in [0.2, 0.25) is 0 Å². The van der Waals surface area contributed by atoms with Crippen LogP contribution in [0.3, 0.4) is 0 Å². The van der Waals surface area contributed by atoms with Crippen molar-refractivity contribution < 1.29 is 9.59 Å². The Balaban J connectivity index is 2.85. The van der Waals surface area contributed by atoms with Crippen LogP contribution in [0.1, 0.15) is 37.6 Å². The second-order valence-electron chi connectivity index (χ2n) is 5.06. The minimum absolute atomic E-state index is 0.0380. The highest BCUT2D eigenvalue weighted by atomic mass is 16.2. The molecule has 0 aliphatic rings. The molecule has 0 bridgehead atoms. The molecular formula is C15H23N3O2. The van der Waals surface area contributed by atoms with Crippen LogP contribution < -0.4 is 16.4 Å². The van der Waals surface area contributed by atoms with E-state index in [-0.39, 0.29) is 17.7 Å². The van der Waals surface area contributed by atoms with Crippen molar-refractivity contribution in [2.75, 3.05) is 11.9 Å². The molecule has 0 saturated heterocycles. The Hall–Kier alpha value is -1.88. The first kappa shape index (κ1) is 16.2. The van der Waals surface area contributed by atoms with Gasteiger partial charge < -0.3 is 16.4 Å². The summed E-state index contributed by atoms with van der Waals surface area (Å²) in [7, 11) is 0. The molecule has 4 N–H and O–H groups in total. The van der Waals surface area contributed by atoms with Gasteiger partial charge in [0.15, 0.2) is 0 Å². The van der Waals surface area contributed by atoms with Crippen LogP contribution in [0, 0.1) is 5.92 Å². The zero-order chi connectivity index (χ0) is 15.1. The summed E-state index contributed by atoms with van der Waals surface area (Å²) in [5.74, 6) is -0.437. The molecule has 0 aromatic heterocycles. The van der Waals surface area contributed by atoms with E-state index < -0.39 is 6.04 Å². The van der Waals surface area contributed by atoms with E-state index in [1.807, 2.05) is 20.8 Å². The van der Waals surface area contributed by atoms with E-state index in [9.17, 15) is 9.59 Å². The molecule has 0 aliphatic heterocycles. The molecule has 20 heavy (non-hydrogen) atoms. The first-order valence-corrected chi connectivity index (χ1v) is 6.91. The van der Waals surface area contributed by atoms with Gasteiger partial charge in [-0.25, -0.2) is 0 Å². The smallest absolute Gasteiger partial charge is 0.253 e. The Kier molecular flexibility index (Phi) is 6.18. The molecule has 5 heteroatoms. The van der Waals surface area contributed by atoms with Crippen molar-refractivity contribution in [3.63, 3.8) is 0 Å². The maximum absolute atomic E-state index is 12.0. The van der Waals surface area contributed by atoms with Crippen molar-refractivity contribution in [2.45, 2.75) is 33.2 Å². The summed E-state index contributed by atoms with van der Waals surface area (Å²) >= 11 is 0. The van der Waals surface area contributed by atoms with Crippen LogP contribution in [0.4, 0.5) is 5.69 Å². The van der Waals surface area contributed by atoms with Gasteiger partial charge in [-0.2, -0.15) is 0 Å². The summed E-state index contributed by atoms with van der Waals surface area (Å²) in [4.78, 5) is 24.0. The van der Waals surface area contributed by atoms with Gasteiger partial charge in [0.05, 0.1) is 17.3 Å². The van der Waals surface area contributed by atoms with Gasteiger partial charge >= 0.3 is 0 Å². The van der Waals surface area contributed by atoms with Gasteiger partial charge in [-0.1, -0.05) is 32.9 Å². The summed E-state index contributed by atoms with van der Waals surface area (Å²) in [5, 5.41) is 5.52. The van der Waals surface area contributed by atoms with E-state index in [1.165, 1.54) is 0 Å². The van der Waals surface area contributed by atoms with E-state index in [0.29, 0.717) is 17.8 Å². The van der Waals surface area contributed by atoms with Crippen LogP contribution in [-0.4, -0.2) is 24.4 Å². The quantitative estimate of drug-likeness (QED) is 0.740. The zero-order valence-corrected chi connectivity index (χ0v) is 12.3. The minimum Gasteiger partial charge on any atom is -0.352 e. The fourth-order valence-electron chi connectivity index (χ4n) is 1.64. The number of rotatable bonds is 6. The Morgan fingerprint density at radius 2 is 1.90 bits per heavy atom.